The smallest absolute Gasteiger partial charge is 0.126 e. The number of aromatic nitrogens is 1. The first kappa shape index (κ1) is 16.4. The van der Waals surface area contributed by atoms with E-state index in [1.54, 1.807) is 14.2 Å². The first-order chi connectivity index (χ1) is 12.2. The zero-order valence-electron chi connectivity index (χ0n) is 14.1. The van der Waals surface area contributed by atoms with Crippen molar-refractivity contribution in [3.63, 3.8) is 0 Å². The van der Waals surface area contributed by atoms with Gasteiger partial charge in [-0.25, -0.2) is 0 Å². The van der Waals surface area contributed by atoms with Crippen molar-refractivity contribution in [3.8, 4) is 23.3 Å². The van der Waals surface area contributed by atoms with Gasteiger partial charge >= 0.3 is 0 Å². The van der Waals surface area contributed by atoms with E-state index in [1.807, 2.05) is 77.6 Å². The number of nitrogens with zero attached hydrogens (tertiary/aromatic N) is 2. The molecule has 3 aromatic rings. The maximum Gasteiger partial charge on any atom is 0.126 e. The van der Waals surface area contributed by atoms with E-state index < -0.39 is 0 Å². The van der Waals surface area contributed by atoms with Crippen LogP contribution in [0.4, 0.5) is 0 Å². The molecule has 0 saturated heterocycles. The summed E-state index contributed by atoms with van der Waals surface area (Å²) in [6.07, 6.45) is 5.78. The van der Waals surface area contributed by atoms with Crippen molar-refractivity contribution in [2.24, 2.45) is 0 Å². The van der Waals surface area contributed by atoms with Crippen molar-refractivity contribution in [2.75, 3.05) is 14.2 Å². The first-order valence-electron chi connectivity index (χ1n) is 7.83. The minimum Gasteiger partial charge on any atom is -0.497 e. The van der Waals surface area contributed by atoms with Gasteiger partial charge in [-0.15, -0.1) is 0 Å². The Morgan fingerprint density at radius 2 is 1.72 bits per heavy atom. The quantitative estimate of drug-likeness (QED) is 0.509. The van der Waals surface area contributed by atoms with Crippen LogP contribution in [0.1, 0.15) is 11.1 Å². The fourth-order valence-electron chi connectivity index (χ4n) is 2.61. The molecule has 0 fully saturated rings. The Morgan fingerprint density at radius 1 is 1.00 bits per heavy atom. The van der Waals surface area contributed by atoms with Gasteiger partial charge in [-0.2, -0.15) is 5.26 Å². The lowest BCUT2D eigenvalue weighted by Gasteiger charge is -2.09. The van der Waals surface area contributed by atoms with E-state index in [-0.39, 0.29) is 0 Å². The lowest BCUT2D eigenvalue weighted by molar-refractivity contribution is 0.402. The molecule has 0 aliphatic heterocycles. The molecule has 25 heavy (non-hydrogen) atoms. The van der Waals surface area contributed by atoms with E-state index in [4.69, 9.17) is 9.47 Å². The summed E-state index contributed by atoms with van der Waals surface area (Å²) in [5, 5.41) is 9.59. The molecule has 0 saturated carbocycles. The molecule has 0 unspecified atom stereocenters. The van der Waals surface area contributed by atoms with Crippen LogP contribution < -0.4 is 9.47 Å². The third kappa shape index (κ3) is 3.56. The summed E-state index contributed by atoms with van der Waals surface area (Å²) in [6.45, 7) is 0. The molecule has 0 aliphatic carbocycles. The second-order valence-corrected chi connectivity index (χ2v) is 5.41. The van der Waals surface area contributed by atoms with Gasteiger partial charge in [-0.3, -0.25) is 0 Å². The van der Waals surface area contributed by atoms with Crippen molar-refractivity contribution in [2.45, 2.75) is 0 Å². The fraction of sp³-hybridized carbons (Fsp3) is 0.0952. The Kier molecular flexibility index (Phi) is 4.87. The summed E-state index contributed by atoms with van der Waals surface area (Å²) >= 11 is 0. The van der Waals surface area contributed by atoms with Gasteiger partial charge in [0.2, 0.25) is 0 Å². The van der Waals surface area contributed by atoms with E-state index in [1.165, 1.54) is 0 Å². The third-order valence-corrected chi connectivity index (χ3v) is 3.94. The molecule has 4 nitrogen and oxygen atoms in total. The van der Waals surface area contributed by atoms with E-state index in [0.29, 0.717) is 17.1 Å². The van der Waals surface area contributed by atoms with Crippen LogP contribution in [-0.2, 0) is 0 Å². The summed E-state index contributed by atoms with van der Waals surface area (Å²) in [5.74, 6) is 1.41. The molecule has 0 radical (unpaired) electrons. The van der Waals surface area contributed by atoms with Gasteiger partial charge in [0.05, 0.1) is 25.9 Å². The number of allylic oxidation sites excluding steroid dienone is 1. The van der Waals surface area contributed by atoms with Crippen LogP contribution in [0.2, 0.25) is 0 Å². The predicted octanol–water partition coefficient (Wildman–Crippen LogP) is 4.56. The largest absolute Gasteiger partial charge is 0.497 e. The van der Waals surface area contributed by atoms with Crippen molar-refractivity contribution in [1.29, 1.82) is 5.26 Å². The third-order valence-electron chi connectivity index (χ3n) is 3.94. The minimum absolute atomic E-state index is 0.561. The van der Waals surface area contributed by atoms with Crippen LogP contribution in [0.15, 0.2) is 67.0 Å². The normalized spacial score (nSPS) is 11.0. The fourth-order valence-corrected chi connectivity index (χ4v) is 2.61. The Hall–Kier alpha value is -3.45. The van der Waals surface area contributed by atoms with Crippen molar-refractivity contribution < 1.29 is 9.47 Å². The lowest BCUT2D eigenvalue weighted by atomic mass is 10.0. The number of benzene rings is 2. The number of ether oxygens (including phenoxy) is 2. The van der Waals surface area contributed by atoms with E-state index in [0.717, 1.165) is 16.8 Å². The highest BCUT2D eigenvalue weighted by Crippen LogP contribution is 2.28. The van der Waals surface area contributed by atoms with Gasteiger partial charge in [-0.05, 0) is 54.1 Å². The van der Waals surface area contributed by atoms with Crippen LogP contribution in [-0.4, -0.2) is 18.8 Å². The zero-order chi connectivity index (χ0) is 17.6. The molecule has 0 atom stereocenters. The second-order valence-electron chi connectivity index (χ2n) is 5.41. The lowest BCUT2D eigenvalue weighted by Crippen LogP contribution is -1.92. The average molecular weight is 330 g/mol. The SMILES string of the molecule is COc1ccc(OC)c(C=C(C#N)c2ccc(-n3cccc3)cc2)c1. The topological polar surface area (TPSA) is 47.2 Å². The Labute approximate surface area is 147 Å². The molecular weight excluding hydrogens is 312 g/mol. The summed E-state index contributed by atoms with van der Waals surface area (Å²) in [5.41, 5.74) is 3.26. The molecule has 0 bridgehead atoms. The molecule has 0 spiro atoms. The van der Waals surface area contributed by atoms with Gasteiger partial charge in [0.15, 0.2) is 0 Å². The number of hydrogen-bond donors (Lipinski definition) is 0. The number of rotatable bonds is 5. The molecule has 2 aromatic carbocycles. The van der Waals surface area contributed by atoms with Crippen LogP contribution in [0.5, 0.6) is 11.5 Å². The highest BCUT2D eigenvalue weighted by Gasteiger charge is 2.07. The Morgan fingerprint density at radius 3 is 2.32 bits per heavy atom. The molecular formula is C21H18N2O2. The van der Waals surface area contributed by atoms with Gasteiger partial charge in [-0.1, -0.05) is 12.1 Å². The van der Waals surface area contributed by atoms with Crippen molar-refractivity contribution in [3.05, 3.63) is 78.1 Å². The molecule has 4 heteroatoms. The Bertz CT molecular complexity index is 918. The van der Waals surface area contributed by atoms with E-state index >= 15 is 0 Å². The summed E-state index contributed by atoms with van der Waals surface area (Å²) in [6, 6.07) is 19.6. The molecule has 0 N–H and O–H groups in total. The van der Waals surface area contributed by atoms with Gasteiger partial charge < -0.3 is 14.0 Å². The summed E-state index contributed by atoms with van der Waals surface area (Å²) in [4.78, 5) is 0. The predicted molar refractivity (Wildman–Crippen MR) is 98.8 cm³/mol. The maximum atomic E-state index is 9.59. The zero-order valence-corrected chi connectivity index (χ0v) is 14.1. The average Bonchev–Trinajstić information content (AvgIpc) is 3.21. The van der Waals surface area contributed by atoms with E-state index in [9.17, 15) is 5.26 Å². The second kappa shape index (κ2) is 7.41. The molecule has 1 heterocycles. The molecule has 1 aromatic heterocycles. The van der Waals surface area contributed by atoms with Crippen LogP contribution >= 0.6 is 0 Å². The van der Waals surface area contributed by atoms with Crippen LogP contribution in [0, 0.1) is 11.3 Å². The standard InChI is InChI=1S/C21H18N2O2/c1-24-20-9-10-21(25-2)17(14-20)13-18(15-22)16-5-7-19(8-6-16)23-11-3-4-12-23/h3-14H,1-2H3. The van der Waals surface area contributed by atoms with Crippen LogP contribution in [0.25, 0.3) is 17.3 Å². The Balaban J connectivity index is 1.97. The van der Waals surface area contributed by atoms with Crippen LogP contribution in [0.3, 0.4) is 0 Å². The summed E-state index contributed by atoms with van der Waals surface area (Å²) < 4.78 is 12.7. The van der Waals surface area contributed by atoms with Gasteiger partial charge in [0.25, 0.3) is 0 Å². The number of methoxy groups -OCH3 is 2. The van der Waals surface area contributed by atoms with Gasteiger partial charge in [0.1, 0.15) is 11.5 Å². The molecule has 3 rings (SSSR count). The first-order valence-corrected chi connectivity index (χ1v) is 7.83. The minimum atomic E-state index is 0.561. The van der Waals surface area contributed by atoms with Crippen molar-refractivity contribution >= 4 is 11.6 Å². The molecule has 124 valence electrons. The maximum absolute atomic E-state index is 9.59. The number of hydrogen-bond acceptors (Lipinski definition) is 3. The highest BCUT2D eigenvalue weighted by atomic mass is 16.5. The van der Waals surface area contributed by atoms with E-state index in [2.05, 4.69) is 6.07 Å². The molecule has 0 aliphatic rings. The van der Waals surface area contributed by atoms with Crippen molar-refractivity contribution in [1.82, 2.24) is 4.57 Å². The highest BCUT2D eigenvalue weighted by molar-refractivity contribution is 5.91. The van der Waals surface area contributed by atoms with Gasteiger partial charge in [0, 0.05) is 23.6 Å². The summed E-state index contributed by atoms with van der Waals surface area (Å²) in [7, 11) is 3.22. The number of nitriles is 1. The monoisotopic (exact) mass is 330 g/mol. The molecule has 0 amide bonds.